The molecule has 0 aliphatic heterocycles. The monoisotopic (exact) mass is 183 g/mol. The summed E-state index contributed by atoms with van der Waals surface area (Å²) in [5.41, 5.74) is 0. The Kier molecular flexibility index (Phi) is 4.53. The fourth-order valence-corrected chi connectivity index (χ4v) is 3.17. The Bertz CT molecular complexity index is 162. The first-order valence-corrected chi connectivity index (χ1v) is 5.94. The molecule has 0 heterocycles. The summed E-state index contributed by atoms with van der Waals surface area (Å²) >= 11 is 2.02. The van der Waals surface area contributed by atoms with Crippen molar-refractivity contribution in [1.82, 2.24) is 0 Å². The number of unbranched alkanes of at least 4 members (excludes halogenated alkanes) is 1. The normalized spacial score (nSPS) is 28.7. The summed E-state index contributed by atoms with van der Waals surface area (Å²) in [4.78, 5) is 0. The number of nitrogens with zero attached hydrogens (tertiary/aromatic N) is 1. The van der Waals surface area contributed by atoms with Crippen LogP contribution in [0.5, 0.6) is 0 Å². The van der Waals surface area contributed by atoms with E-state index in [0.29, 0.717) is 11.2 Å². The highest BCUT2D eigenvalue weighted by molar-refractivity contribution is 7.99. The Balaban J connectivity index is 2.18. The van der Waals surface area contributed by atoms with Crippen LogP contribution in [0.15, 0.2) is 0 Å². The van der Waals surface area contributed by atoms with Crippen molar-refractivity contribution in [3.63, 3.8) is 0 Å². The van der Waals surface area contributed by atoms with Crippen molar-refractivity contribution in [3.8, 4) is 6.07 Å². The smallest absolute Gasteiger partial charge is 0.0667 e. The van der Waals surface area contributed by atoms with Crippen molar-refractivity contribution < 1.29 is 0 Å². The van der Waals surface area contributed by atoms with Gasteiger partial charge in [0.2, 0.25) is 0 Å². The van der Waals surface area contributed by atoms with E-state index in [1.54, 1.807) is 0 Å². The van der Waals surface area contributed by atoms with Crippen molar-refractivity contribution >= 4 is 11.8 Å². The fourth-order valence-electron chi connectivity index (χ4n) is 1.65. The molecule has 0 spiro atoms. The molecule has 1 aliphatic carbocycles. The Morgan fingerprint density at radius 2 is 2.33 bits per heavy atom. The highest BCUT2D eigenvalue weighted by Gasteiger charge is 2.26. The van der Waals surface area contributed by atoms with E-state index < -0.39 is 0 Å². The first-order chi connectivity index (χ1) is 5.88. The van der Waals surface area contributed by atoms with Gasteiger partial charge in [-0.25, -0.2) is 0 Å². The van der Waals surface area contributed by atoms with Crippen LogP contribution in [-0.4, -0.2) is 11.0 Å². The third kappa shape index (κ3) is 2.71. The Labute approximate surface area is 79.5 Å². The minimum Gasteiger partial charge on any atom is -0.198 e. The Hall–Kier alpha value is -0.160. The zero-order chi connectivity index (χ0) is 8.81. The van der Waals surface area contributed by atoms with Crippen LogP contribution >= 0.6 is 11.8 Å². The van der Waals surface area contributed by atoms with E-state index in [4.69, 9.17) is 5.26 Å². The zero-order valence-corrected chi connectivity index (χ0v) is 8.57. The molecule has 0 aromatic carbocycles. The first-order valence-electron chi connectivity index (χ1n) is 4.89. The molecule has 2 unspecified atom stereocenters. The van der Waals surface area contributed by atoms with Gasteiger partial charge in [-0.2, -0.15) is 17.0 Å². The van der Waals surface area contributed by atoms with Crippen molar-refractivity contribution in [2.45, 2.75) is 44.3 Å². The lowest BCUT2D eigenvalue weighted by Gasteiger charge is -2.11. The summed E-state index contributed by atoms with van der Waals surface area (Å²) in [6.07, 6.45) is 6.26. The molecule has 0 aromatic rings. The summed E-state index contributed by atoms with van der Waals surface area (Å²) in [6, 6.07) is 2.42. The standard InChI is InChI=1S/C10H17NS/c1-2-3-7-12-10-6-4-5-9(10)8-11/h9-10H,2-7H2,1H3. The largest absolute Gasteiger partial charge is 0.198 e. The van der Waals surface area contributed by atoms with E-state index in [-0.39, 0.29) is 0 Å². The van der Waals surface area contributed by atoms with E-state index in [0.717, 1.165) is 6.42 Å². The van der Waals surface area contributed by atoms with Crippen LogP contribution in [0, 0.1) is 17.2 Å². The maximum atomic E-state index is 8.83. The lowest BCUT2D eigenvalue weighted by atomic mass is 10.1. The second-order valence-electron chi connectivity index (χ2n) is 3.43. The molecule has 1 nitrogen and oxygen atoms in total. The van der Waals surface area contributed by atoms with E-state index in [9.17, 15) is 0 Å². The molecule has 0 bridgehead atoms. The lowest BCUT2D eigenvalue weighted by molar-refractivity contribution is 0.713. The van der Waals surface area contributed by atoms with Gasteiger partial charge in [0.15, 0.2) is 0 Å². The molecule has 0 saturated heterocycles. The predicted molar refractivity (Wildman–Crippen MR) is 54.1 cm³/mol. The van der Waals surface area contributed by atoms with Crippen LogP contribution in [-0.2, 0) is 0 Å². The molecule has 0 amide bonds. The van der Waals surface area contributed by atoms with Crippen LogP contribution < -0.4 is 0 Å². The molecule has 1 rings (SSSR count). The van der Waals surface area contributed by atoms with Crippen molar-refractivity contribution in [1.29, 1.82) is 5.26 Å². The molecule has 1 fully saturated rings. The summed E-state index contributed by atoms with van der Waals surface area (Å²) < 4.78 is 0. The van der Waals surface area contributed by atoms with Gasteiger partial charge in [0.25, 0.3) is 0 Å². The van der Waals surface area contributed by atoms with E-state index in [2.05, 4.69) is 13.0 Å². The van der Waals surface area contributed by atoms with Gasteiger partial charge < -0.3 is 0 Å². The quantitative estimate of drug-likeness (QED) is 0.625. The Morgan fingerprint density at radius 1 is 1.50 bits per heavy atom. The molecular weight excluding hydrogens is 166 g/mol. The summed E-state index contributed by atoms with van der Waals surface area (Å²) in [5.74, 6) is 1.60. The molecule has 0 radical (unpaired) electrons. The highest BCUT2D eigenvalue weighted by atomic mass is 32.2. The Morgan fingerprint density at radius 3 is 3.00 bits per heavy atom. The molecule has 2 heteroatoms. The second kappa shape index (κ2) is 5.48. The summed E-state index contributed by atoms with van der Waals surface area (Å²) in [5, 5.41) is 9.48. The number of thioether (sulfide) groups is 1. The van der Waals surface area contributed by atoms with Crippen LogP contribution in [0.4, 0.5) is 0 Å². The van der Waals surface area contributed by atoms with Gasteiger partial charge >= 0.3 is 0 Å². The lowest BCUT2D eigenvalue weighted by Crippen LogP contribution is -2.08. The van der Waals surface area contributed by atoms with E-state index >= 15 is 0 Å². The van der Waals surface area contributed by atoms with Crippen LogP contribution in [0.25, 0.3) is 0 Å². The average Bonchev–Trinajstić information content (AvgIpc) is 2.52. The molecular formula is C10H17NS. The van der Waals surface area contributed by atoms with Gasteiger partial charge in [0, 0.05) is 5.25 Å². The molecule has 12 heavy (non-hydrogen) atoms. The summed E-state index contributed by atoms with van der Waals surface area (Å²) in [7, 11) is 0. The van der Waals surface area contributed by atoms with Crippen molar-refractivity contribution in [3.05, 3.63) is 0 Å². The molecule has 2 atom stereocenters. The van der Waals surface area contributed by atoms with Crippen molar-refractivity contribution in [2.24, 2.45) is 5.92 Å². The third-order valence-electron chi connectivity index (χ3n) is 2.45. The van der Waals surface area contributed by atoms with Gasteiger partial charge in [-0.05, 0) is 25.0 Å². The fraction of sp³-hybridized carbons (Fsp3) is 0.900. The van der Waals surface area contributed by atoms with E-state index in [1.165, 1.54) is 31.4 Å². The van der Waals surface area contributed by atoms with E-state index in [1.807, 2.05) is 11.8 Å². The minimum atomic E-state index is 0.354. The maximum absolute atomic E-state index is 8.83. The molecule has 1 aliphatic rings. The SMILES string of the molecule is CCCCSC1CCCC1C#N. The van der Waals surface area contributed by atoms with Crippen LogP contribution in [0.1, 0.15) is 39.0 Å². The van der Waals surface area contributed by atoms with Crippen molar-refractivity contribution in [2.75, 3.05) is 5.75 Å². The number of hydrogen-bond donors (Lipinski definition) is 0. The van der Waals surface area contributed by atoms with Gasteiger partial charge in [-0.3, -0.25) is 0 Å². The van der Waals surface area contributed by atoms with Gasteiger partial charge in [-0.1, -0.05) is 19.8 Å². The van der Waals surface area contributed by atoms with Crippen LogP contribution in [0.2, 0.25) is 0 Å². The molecule has 0 aromatic heterocycles. The molecule has 0 N–H and O–H groups in total. The van der Waals surface area contributed by atoms with Gasteiger partial charge in [-0.15, -0.1) is 0 Å². The zero-order valence-electron chi connectivity index (χ0n) is 7.75. The minimum absolute atomic E-state index is 0.354. The summed E-state index contributed by atoms with van der Waals surface area (Å²) in [6.45, 7) is 2.22. The topological polar surface area (TPSA) is 23.8 Å². The number of rotatable bonds is 4. The third-order valence-corrected chi connectivity index (χ3v) is 3.96. The second-order valence-corrected chi connectivity index (χ2v) is 4.78. The molecule has 1 saturated carbocycles. The maximum Gasteiger partial charge on any atom is 0.0667 e. The number of nitriles is 1. The number of hydrogen-bond acceptors (Lipinski definition) is 2. The van der Waals surface area contributed by atoms with Gasteiger partial charge in [0.05, 0.1) is 12.0 Å². The van der Waals surface area contributed by atoms with Crippen LogP contribution in [0.3, 0.4) is 0 Å². The molecule has 68 valence electrons. The highest BCUT2D eigenvalue weighted by Crippen LogP contribution is 2.34. The first kappa shape index (κ1) is 9.92. The average molecular weight is 183 g/mol. The predicted octanol–water partition coefficient (Wildman–Crippen LogP) is 3.21. The van der Waals surface area contributed by atoms with Gasteiger partial charge in [0.1, 0.15) is 0 Å².